The van der Waals surface area contributed by atoms with E-state index >= 15 is 0 Å². The standard InChI is InChI=1S/C16H23N3S/c1-4-7-17-8-5-6-15-18-19-16(20-15)14-10-12(2)9-13(3)11-14/h9-11,17H,4-8H2,1-3H3. The zero-order valence-electron chi connectivity index (χ0n) is 12.6. The Labute approximate surface area is 125 Å². The first kappa shape index (κ1) is 15.1. The third kappa shape index (κ3) is 4.39. The molecule has 0 spiro atoms. The molecule has 0 amide bonds. The Morgan fingerprint density at radius 2 is 1.80 bits per heavy atom. The number of benzene rings is 1. The quantitative estimate of drug-likeness (QED) is 0.789. The molecule has 1 aromatic heterocycles. The lowest BCUT2D eigenvalue weighted by Crippen LogP contribution is -2.16. The van der Waals surface area contributed by atoms with Crippen LogP contribution in [0.4, 0.5) is 0 Å². The number of aryl methyl sites for hydroxylation is 3. The van der Waals surface area contributed by atoms with E-state index in [9.17, 15) is 0 Å². The van der Waals surface area contributed by atoms with Crippen molar-refractivity contribution in [1.29, 1.82) is 0 Å². The van der Waals surface area contributed by atoms with Gasteiger partial charge in [0.25, 0.3) is 0 Å². The van der Waals surface area contributed by atoms with Crippen LogP contribution in [0.2, 0.25) is 0 Å². The van der Waals surface area contributed by atoms with E-state index in [2.05, 4.69) is 54.5 Å². The van der Waals surface area contributed by atoms with Crippen LogP contribution in [0.3, 0.4) is 0 Å². The van der Waals surface area contributed by atoms with Gasteiger partial charge in [-0.05, 0) is 51.9 Å². The zero-order valence-corrected chi connectivity index (χ0v) is 13.4. The predicted molar refractivity (Wildman–Crippen MR) is 86.3 cm³/mol. The summed E-state index contributed by atoms with van der Waals surface area (Å²) in [5.74, 6) is 0. The Bertz CT molecular complexity index is 528. The minimum absolute atomic E-state index is 1.01. The first-order chi connectivity index (χ1) is 9.69. The summed E-state index contributed by atoms with van der Waals surface area (Å²) in [6.07, 6.45) is 3.33. The highest BCUT2D eigenvalue weighted by molar-refractivity contribution is 7.14. The fourth-order valence-corrected chi connectivity index (χ4v) is 3.10. The number of nitrogens with one attached hydrogen (secondary N) is 1. The molecule has 0 fully saturated rings. The molecule has 1 aromatic carbocycles. The number of nitrogens with zero attached hydrogens (tertiary/aromatic N) is 2. The van der Waals surface area contributed by atoms with Crippen LogP contribution in [0.15, 0.2) is 18.2 Å². The molecular weight excluding hydrogens is 266 g/mol. The van der Waals surface area contributed by atoms with Gasteiger partial charge in [0.15, 0.2) is 0 Å². The molecule has 2 aromatic rings. The molecule has 2 rings (SSSR count). The van der Waals surface area contributed by atoms with E-state index in [4.69, 9.17) is 0 Å². The van der Waals surface area contributed by atoms with Crippen LogP contribution in [0.1, 0.15) is 35.9 Å². The maximum atomic E-state index is 4.33. The Morgan fingerprint density at radius 3 is 2.50 bits per heavy atom. The van der Waals surface area contributed by atoms with E-state index in [-0.39, 0.29) is 0 Å². The topological polar surface area (TPSA) is 37.8 Å². The van der Waals surface area contributed by atoms with Gasteiger partial charge in [-0.3, -0.25) is 0 Å². The average Bonchev–Trinajstić information content (AvgIpc) is 2.86. The van der Waals surface area contributed by atoms with E-state index in [1.807, 2.05) is 0 Å². The lowest BCUT2D eigenvalue weighted by molar-refractivity contribution is 0.637. The molecule has 0 aliphatic rings. The SMILES string of the molecule is CCCNCCCc1nnc(-c2cc(C)cc(C)c2)s1. The summed E-state index contributed by atoms with van der Waals surface area (Å²) in [7, 11) is 0. The number of hydrogen-bond donors (Lipinski definition) is 1. The molecule has 1 heterocycles. The van der Waals surface area contributed by atoms with Crippen molar-refractivity contribution in [2.24, 2.45) is 0 Å². The van der Waals surface area contributed by atoms with E-state index < -0.39 is 0 Å². The molecule has 4 heteroatoms. The lowest BCUT2D eigenvalue weighted by atomic mass is 10.1. The molecule has 0 unspecified atom stereocenters. The van der Waals surface area contributed by atoms with Crippen molar-refractivity contribution in [3.63, 3.8) is 0 Å². The van der Waals surface area contributed by atoms with E-state index in [1.165, 1.54) is 23.1 Å². The molecule has 1 N–H and O–H groups in total. The Hall–Kier alpha value is -1.26. The molecule has 108 valence electrons. The summed E-state index contributed by atoms with van der Waals surface area (Å²) in [4.78, 5) is 0. The second-order valence-corrected chi connectivity index (χ2v) is 6.29. The van der Waals surface area contributed by atoms with Gasteiger partial charge < -0.3 is 5.32 Å². The first-order valence-electron chi connectivity index (χ1n) is 7.31. The normalized spacial score (nSPS) is 10.9. The smallest absolute Gasteiger partial charge is 0.147 e. The van der Waals surface area contributed by atoms with Gasteiger partial charge in [-0.15, -0.1) is 10.2 Å². The second kappa shape index (κ2) is 7.50. The fraction of sp³-hybridized carbons (Fsp3) is 0.500. The van der Waals surface area contributed by atoms with Gasteiger partial charge in [-0.25, -0.2) is 0 Å². The van der Waals surface area contributed by atoms with Crippen molar-refractivity contribution in [1.82, 2.24) is 15.5 Å². The molecule has 0 saturated heterocycles. The van der Waals surface area contributed by atoms with Gasteiger partial charge in [-0.2, -0.15) is 0 Å². The van der Waals surface area contributed by atoms with Crippen molar-refractivity contribution in [2.75, 3.05) is 13.1 Å². The van der Waals surface area contributed by atoms with Gasteiger partial charge in [0, 0.05) is 12.0 Å². The monoisotopic (exact) mass is 289 g/mol. The van der Waals surface area contributed by atoms with Gasteiger partial charge in [0.05, 0.1) is 0 Å². The highest BCUT2D eigenvalue weighted by Crippen LogP contribution is 2.25. The van der Waals surface area contributed by atoms with Gasteiger partial charge in [-0.1, -0.05) is 35.5 Å². The van der Waals surface area contributed by atoms with Crippen molar-refractivity contribution in [2.45, 2.75) is 40.0 Å². The maximum Gasteiger partial charge on any atom is 0.147 e. The van der Waals surface area contributed by atoms with E-state index in [1.54, 1.807) is 11.3 Å². The van der Waals surface area contributed by atoms with E-state index in [0.29, 0.717) is 0 Å². The van der Waals surface area contributed by atoms with Gasteiger partial charge >= 0.3 is 0 Å². The second-order valence-electron chi connectivity index (χ2n) is 5.23. The van der Waals surface area contributed by atoms with Crippen LogP contribution < -0.4 is 5.32 Å². The summed E-state index contributed by atoms with van der Waals surface area (Å²) in [5, 5.41) is 14.2. The minimum atomic E-state index is 1.01. The Morgan fingerprint density at radius 1 is 1.05 bits per heavy atom. The lowest BCUT2D eigenvalue weighted by Gasteiger charge is -2.01. The van der Waals surface area contributed by atoms with Crippen LogP contribution in [-0.4, -0.2) is 23.3 Å². The average molecular weight is 289 g/mol. The minimum Gasteiger partial charge on any atom is -0.317 e. The summed E-state index contributed by atoms with van der Waals surface area (Å²) < 4.78 is 0. The van der Waals surface area contributed by atoms with E-state index in [0.717, 1.165) is 35.9 Å². The summed E-state index contributed by atoms with van der Waals surface area (Å²) in [6.45, 7) is 8.60. The van der Waals surface area contributed by atoms with Crippen LogP contribution in [0, 0.1) is 13.8 Å². The largest absolute Gasteiger partial charge is 0.317 e. The highest BCUT2D eigenvalue weighted by atomic mass is 32.1. The molecular formula is C16H23N3S. The van der Waals surface area contributed by atoms with Crippen molar-refractivity contribution < 1.29 is 0 Å². The third-order valence-electron chi connectivity index (χ3n) is 3.11. The molecule has 3 nitrogen and oxygen atoms in total. The summed E-state index contributed by atoms with van der Waals surface area (Å²) in [6, 6.07) is 6.55. The van der Waals surface area contributed by atoms with Gasteiger partial charge in [0.2, 0.25) is 0 Å². The maximum absolute atomic E-state index is 4.33. The summed E-state index contributed by atoms with van der Waals surface area (Å²) in [5.41, 5.74) is 3.75. The van der Waals surface area contributed by atoms with Gasteiger partial charge in [0.1, 0.15) is 10.0 Å². The van der Waals surface area contributed by atoms with Crippen molar-refractivity contribution in [3.8, 4) is 10.6 Å². The van der Waals surface area contributed by atoms with Crippen molar-refractivity contribution >= 4 is 11.3 Å². The zero-order chi connectivity index (χ0) is 14.4. The first-order valence-corrected chi connectivity index (χ1v) is 8.12. The van der Waals surface area contributed by atoms with Crippen LogP contribution in [0.5, 0.6) is 0 Å². The molecule has 0 atom stereocenters. The molecule has 0 bridgehead atoms. The predicted octanol–water partition coefficient (Wildman–Crippen LogP) is 3.75. The molecule has 20 heavy (non-hydrogen) atoms. The summed E-state index contributed by atoms with van der Waals surface area (Å²) >= 11 is 1.72. The molecule has 0 saturated carbocycles. The molecule has 0 radical (unpaired) electrons. The van der Waals surface area contributed by atoms with Crippen molar-refractivity contribution in [3.05, 3.63) is 34.3 Å². The Kier molecular flexibility index (Phi) is 5.68. The fourth-order valence-electron chi connectivity index (χ4n) is 2.24. The van der Waals surface area contributed by atoms with Crippen LogP contribution >= 0.6 is 11.3 Å². The number of hydrogen-bond acceptors (Lipinski definition) is 4. The number of aromatic nitrogens is 2. The molecule has 0 aliphatic carbocycles. The highest BCUT2D eigenvalue weighted by Gasteiger charge is 2.07. The number of rotatable bonds is 7. The Balaban J connectivity index is 1.94. The molecule has 0 aliphatic heterocycles. The third-order valence-corrected chi connectivity index (χ3v) is 4.14. The van der Waals surface area contributed by atoms with Crippen LogP contribution in [-0.2, 0) is 6.42 Å². The van der Waals surface area contributed by atoms with Crippen LogP contribution in [0.25, 0.3) is 10.6 Å².